The zero-order valence-electron chi connectivity index (χ0n) is 11.6. The molecule has 19 heavy (non-hydrogen) atoms. The molecule has 6 heteroatoms. The SMILES string of the molecule is CCSCCC(C)Nc1cccc(NC)c1[N+](=O)[O-]. The first-order chi connectivity index (χ1) is 9.10. The van der Waals surface area contributed by atoms with Crippen LogP contribution in [0.4, 0.5) is 17.1 Å². The van der Waals surface area contributed by atoms with Gasteiger partial charge >= 0.3 is 5.69 Å². The van der Waals surface area contributed by atoms with Gasteiger partial charge in [0.25, 0.3) is 0 Å². The van der Waals surface area contributed by atoms with Gasteiger partial charge in [-0.15, -0.1) is 0 Å². The molecule has 1 aromatic rings. The monoisotopic (exact) mass is 283 g/mol. The van der Waals surface area contributed by atoms with Gasteiger partial charge in [0, 0.05) is 13.1 Å². The Morgan fingerprint density at radius 1 is 1.42 bits per heavy atom. The molecule has 0 aromatic heterocycles. The van der Waals surface area contributed by atoms with E-state index in [0.29, 0.717) is 11.4 Å². The van der Waals surface area contributed by atoms with Crippen LogP contribution in [0.25, 0.3) is 0 Å². The van der Waals surface area contributed by atoms with Crippen molar-refractivity contribution in [2.45, 2.75) is 26.3 Å². The Balaban J connectivity index is 2.79. The van der Waals surface area contributed by atoms with Crippen LogP contribution in [0.5, 0.6) is 0 Å². The van der Waals surface area contributed by atoms with Crippen molar-refractivity contribution in [1.29, 1.82) is 0 Å². The lowest BCUT2D eigenvalue weighted by atomic mass is 10.2. The standard InChI is InChI=1S/C13H21N3O2S/c1-4-19-9-8-10(2)15-12-7-5-6-11(14-3)13(12)16(17)18/h5-7,10,14-15H,4,8-9H2,1-3H3. The second kappa shape index (κ2) is 7.89. The predicted molar refractivity (Wildman–Crippen MR) is 83.3 cm³/mol. The molecule has 1 unspecified atom stereocenters. The first-order valence-electron chi connectivity index (χ1n) is 6.39. The molecule has 0 amide bonds. The molecule has 0 fully saturated rings. The molecular formula is C13H21N3O2S. The van der Waals surface area contributed by atoms with Crippen molar-refractivity contribution < 1.29 is 4.92 Å². The van der Waals surface area contributed by atoms with E-state index in [-0.39, 0.29) is 16.7 Å². The molecule has 5 nitrogen and oxygen atoms in total. The fraction of sp³-hybridized carbons (Fsp3) is 0.538. The second-order valence-corrected chi connectivity index (χ2v) is 5.63. The van der Waals surface area contributed by atoms with Crippen molar-refractivity contribution in [2.24, 2.45) is 0 Å². The summed E-state index contributed by atoms with van der Waals surface area (Å²) in [6, 6.07) is 5.49. The molecule has 1 aromatic carbocycles. The van der Waals surface area contributed by atoms with Crippen LogP contribution in [0.1, 0.15) is 20.3 Å². The minimum absolute atomic E-state index is 0.111. The third-order valence-electron chi connectivity index (χ3n) is 2.79. The number of thioether (sulfide) groups is 1. The highest BCUT2D eigenvalue weighted by Gasteiger charge is 2.19. The summed E-state index contributed by atoms with van der Waals surface area (Å²) in [5, 5.41) is 17.3. The smallest absolute Gasteiger partial charge is 0.315 e. The number of nitrogens with one attached hydrogen (secondary N) is 2. The molecule has 0 saturated carbocycles. The van der Waals surface area contributed by atoms with Gasteiger partial charge in [-0.1, -0.05) is 13.0 Å². The molecular weight excluding hydrogens is 262 g/mol. The van der Waals surface area contributed by atoms with Gasteiger partial charge < -0.3 is 10.6 Å². The normalized spacial score (nSPS) is 11.9. The molecule has 0 aliphatic rings. The van der Waals surface area contributed by atoms with Gasteiger partial charge in [0.1, 0.15) is 11.4 Å². The van der Waals surface area contributed by atoms with E-state index in [1.165, 1.54) is 0 Å². The quantitative estimate of drug-likeness (QED) is 0.433. The second-order valence-electron chi connectivity index (χ2n) is 4.24. The molecule has 0 aliphatic carbocycles. The maximum Gasteiger partial charge on any atom is 0.315 e. The van der Waals surface area contributed by atoms with E-state index in [9.17, 15) is 10.1 Å². The Morgan fingerprint density at radius 2 is 2.11 bits per heavy atom. The highest BCUT2D eigenvalue weighted by molar-refractivity contribution is 7.99. The lowest BCUT2D eigenvalue weighted by Gasteiger charge is -2.16. The average Bonchev–Trinajstić information content (AvgIpc) is 2.38. The number of nitrogens with zero attached hydrogens (tertiary/aromatic N) is 1. The highest BCUT2D eigenvalue weighted by Crippen LogP contribution is 2.33. The third kappa shape index (κ3) is 4.63. The number of hydrogen-bond acceptors (Lipinski definition) is 5. The number of benzene rings is 1. The minimum atomic E-state index is -0.346. The Morgan fingerprint density at radius 3 is 2.68 bits per heavy atom. The minimum Gasteiger partial charge on any atom is -0.382 e. The number of anilines is 2. The van der Waals surface area contributed by atoms with Gasteiger partial charge in [-0.05, 0) is 37.0 Å². The van der Waals surface area contributed by atoms with Crippen LogP contribution in [0.3, 0.4) is 0 Å². The molecule has 0 saturated heterocycles. The third-order valence-corrected chi connectivity index (χ3v) is 3.72. The summed E-state index contributed by atoms with van der Waals surface area (Å²) in [5.74, 6) is 2.16. The van der Waals surface area contributed by atoms with Crippen LogP contribution in [-0.4, -0.2) is 29.5 Å². The zero-order valence-corrected chi connectivity index (χ0v) is 12.4. The Bertz CT molecular complexity index is 426. The molecule has 0 spiro atoms. The fourth-order valence-corrected chi connectivity index (χ4v) is 2.61. The van der Waals surface area contributed by atoms with Gasteiger partial charge in [-0.25, -0.2) is 0 Å². The highest BCUT2D eigenvalue weighted by atomic mass is 32.2. The molecule has 0 radical (unpaired) electrons. The topological polar surface area (TPSA) is 67.2 Å². The zero-order chi connectivity index (χ0) is 14.3. The van der Waals surface area contributed by atoms with E-state index in [4.69, 9.17) is 0 Å². The van der Waals surface area contributed by atoms with Crippen LogP contribution in [0.2, 0.25) is 0 Å². The Hall–Kier alpha value is -1.43. The van der Waals surface area contributed by atoms with Gasteiger partial charge in [0.2, 0.25) is 0 Å². The number of para-hydroxylation sites is 1. The Labute approximate surface area is 118 Å². The van der Waals surface area contributed by atoms with Gasteiger partial charge in [0.15, 0.2) is 0 Å². The predicted octanol–water partition coefficient (Wildman–Crippen LogP) is 3.58. The molecule has 1 atom stereocenters. The lowest BCUT2D eigenvalue weighted by molar-refractivity contribution is -0.383. The first kappa shape index (κ1) is 15.6. The van der Waals surface area contributed by atoms with Crippen LogP contribution < -0.4 is 10.6 Å². The molecule has 0 aliphatic heterocycles. The summed E-state index contributed by atoms with van der Waals surface area (Å²) >= 11 is 1.88. The van der Waals surface area contributed by atoms with E-state index in [2.05, 4.69) is 17.6 Å². The first-order valence-corrected chi connectivity index (χ1v) is 7.55. The number of nitro groups is 1. The van der Waals surface area contributed by atoms with E-state index in [0.717, 1.165) is 17.9 Å². The van der Waals surface area contributed by atoms with Crippen LogP contribution in [-0.2, 0) is 0 Å². The Kier molecular flexibility index (Phi) is 6.49. The summed E-state index contributed by atoms with van der Waals surface area (Å²) < 4.78 is 0. The largest absolute Gasteiger partial charge is 0.382 e. The molecule has 2 N–H and O–H groups in total. The molecule has 0 bridgehead atoms. The van der Waals surface area contributed by atoms with Crippen molar-refractivity contribution in [2.75, 3.05) is 29.2 Å². The van der Waals surface area contributed by atoms with Crippen LogP contribution >= 0.6 is 11.8 Å². The summed E-state index contributed by atoms with van der Waals surface area (Å²) in [5.41, 5.74) is 1.22. The summed E-state index contributed by atoms with van der Waals surface area (Å²) in [6.45, 7) is 4.18. The summed E-state index contributed by atoms with van der Waals surface area (Å²) in [6.07, 6.45) is 0.986. The fourth-order valence-electron chi connectivity index (χ4n) is 1.80. The summed E-state index contributed by atoms with van der Waals surface area (Å²) in [4.78, 5) is 10.8. The van der Waals surface area contributed by atoms with Crippen molar-refractivity contribution in [1.82, 2.24) is 0 Å². The van der Waals surface area contributed by atoms with E-state index < -0.39 is 0 Å². The summed E-state index contributed by atoms with van der Waals surface area (Å²) in [7, 11) is 1.69. The van der Waals surface area contributed by atoms with Crippen molar-refractivity contribution >= 4 is 28.8 Å². The molecule has 106 valence electrons. The number of hydrogen-bond donors (Lipinski definition) is 2. The number of nitro benzene ring substituents is 1. The van der Waals surface area contributed by atoms with Gasteiger partial charge in [-0.3, -0.25) is 10.1 Å². The van der Waals surface area contributed by atoms with Crippen LogP contribution in [0, 0.1) is 10.1 Å². The van der Waals surface area contributed by atoms with Gasteiger partial charge in [0.05, 0.1) is 4.92 Å². The average molecular weight is 283 g/mol. The van der Waals surface area contributed by atoms with E-state index in [1.54, 1.807) is 19.2 Å². The maximum atomic E-state index is 11.2. The van der Waals surface area contributed by atoms with E-state index >= 15 is 0 Å². The van der Waals surface area contributed by atoms with Crippen LogP contribution in [0.15, 0.2) is 18.2 Å². The molecule has 0 heterocycles. The van der Waals surface area contributed by atoms with Gasteiger partial charge in [-0.2, -0.15) is 11.8 Å². The lowest BCUT2D eigenvalue weighted by Crippen LogP contribution is -2.17. The van der Waals surface area contributed by atoms with Crippen molar-refractivity contribution in [3.05, 3.63) is 28.3 Å². The van der Waals surface area contributed by atoms with Crippen molar-refractivity contribution in [3.63, 3.8) is 0 Å². The van der Waals surface area contributed by atoms with Crippen molar-refractivity contribution in [3.8, 4) is 0 Å². The number of rotatable bonds is 8. The van der Waals surface area contributed by atoms with E-state index in [1.807, 2.05) is 24.8 Å². The molecule has 1 rings (SSSR count). The maximum absolute atomic E-state index is 11.2.